The van der Waals surface area contributed by atoms with Gasteiger partial charge in [0.1, 0.15) is 0 Å². The van der Waals surface area contributed by atoms with Crippen LogP contribution in [0.2, 0.25) is 0 Å². The molecule has 0 amide bonds. The van der Waals surface area contributed by atoms with E-state index >= 15 is 0 Å². The summed E-state index contributed by atoms with van der Waals surface area (Å²) in [5.74, 6) is 0.825. The van der Waals surface area contributed by atoms with Crippen LogP contribution in [0.3, 0.4) is 0 Å². The summed E-state index contributed by atoms with van der Waals surface area (Å²) in [6.07, 6.45) is 2.00. The zero-order chi connectivity index (χ0) is 9.61. The molecule has 0 radical (unpaired) electrons. The van der Waals surface area contributed by atoms with Crippen LogP contribution in [0.15, 0.2) is 12.1 Å². The van der Waals surface area contributed by atoms with E-state index in [1.165, 1.54) is 11.8 Å². The highest BCUT2D eigenvalue weighted by Crippen LogP contribution is 2.22. The first kappa shape index (κ1) is 11.9. The molecule has 0 aliphatic heterocycles. The van der Waals surface area contributed by atoms with E-state index in [1.807, 2.05) is 6.92 Å². The molecule has 12 heavy (non-hydrogen) atoms. The summed E-state index contributed by atoms with van der Waals surface area (Å²) in [6, 6.07) is 0. The van der Waals surface area contributed by atoms with Crippen molar-refractivity contribution < 1.29 is 12.9 Å². The van der Waals surface area contributed by atoms with Crippen LogP contribution >= 0.6 is 11.8 Å². The first-order chi connectivity index (χ1) is 5.48. The summed E-state index contributed by atoms with van der Waals surface area (Å²) in [4.78, 5) is 0. The van der Waals surface area contributed by atoms with Crippen molar-refractivity contribution in [2.75, 3.05) is 11.5 Å². The highest BCUT2D eigenvalue weighted by molar-refractivity contribution is 7.99. The molecule has 5 heteroatoms. The first-order valence-electron chi connectivity index (χ1n) is 3.93. The van der Waals surface area contributed by atoms with E-state index in [2.05, 4.69) is 6.58 Å². The van der Waals surface area contributed by atoms with Crippen molar-refractivity contribution in [3.05, 3.63) is 12.1 Å². The summed E-state index contributed by atoms with van der Waals surface area (Å²) in [7, 11) is 0. The summed E-state index contributed by atoms with van der Waals surface area (Å²) >= 11 is 1.31. The topological polar surface area (TPSA) is 0 Å². The minimum absolute atomic E-state index is 0.0312. The molecule has 0 aromatic carbocycles. The number of halogens is 3. The van der Waals surface area contributed by atoms with Crippen molar-refractivity contribution in [2.24, 2.45) is 0 Å². The second-order valence-electron chi connectivity index (χ2n) is 2.64. The molecule has 0 spiro atoms. The van der Waals surface area contributed by atoms with Crippen molar-refractivity contribution in [1.82, 2.24) is 0 Å². The number of hydrogen-bond acceptors (Lipinski definition) is 1. The quantitative estimate of drug-likeness (QED) is 0.464. The summed E-state index contributed by atoms with van der Waals surface area (Å²) in [6.45, 7) is 0.216. The van der Waals surface area contributed by atoms with Gasteiger partial charge in [0.15, 0.2) is 0 Å². The molecule has 0 saturated heterocycles. The third-order valence-corrected chi connectivity index (χ3v) is 2.54. The fourth-order valence-corrected chi connectivity index (χ4v) is 1.63. The predicted octanol–water partition coefficient (Wildman–Crippen LogP) is 3.46. The van der Waals surface area contributed by atoms with Crippen molar-refractivity contribution in [2.45, 2.75) is 19.8 Å². The minimum Gasteiger partial charge on any atom is -0.445 e. The van der Waals surface area contributed by atoms with Crippen LogP contribution in [0.5, 0.6) is 0 Å². The van der Waals surface area contributed by atoms with Gasteiger partial charge in [-0.05, 0) is 17.9 Å². The average Bonchev–Trinajstić information content (AvgIpc) is 1.96. The van der Waals surface area contributed by atoms with E-state index in [0.717, 1.165) is 18.6 Å². The largest absolute Gasteiger partial charge is 0.505 e. The van der Waals surface area contributed by atoms with Gasteiger partial charge in [0.2, 0.25) is 0 Å². The molecular formula is C7H13BF3S-. The van der Waals surface area contributed by atoms with Gasteiger partial charge in [0.25, 0.3) is 0 Å². The van der Waals surface area contributed by atoms with Gasteiger partial charge in [-0.25, -0.2) is 0 Å². The van der Waals surface area contributed by atoms with E-state index < -0.39 is 12.4 Å². The van der Waals surface area contributed by atoms with Gasteiger partial charge in [-0.1, -0.05) is 13.3 Å². The second kappa shape index (κ2) is 5.57. The normalized spacial score (nSPS) is 11.7. The van der Waals surface area contributed by atoms with Gasteiger partial charge in [-0.3, -0.25) is 0 Å². The maximum Gasteiger partial charge on any atom is 0.505 e. The first-order valence-corrected chi connectivity index (χ1v) is 5.09. The third-order valence-electron chi connectivity index (χ3n) is 1.39. The molecule has 0 nitrogen and oxygen atoms in total. The molecule has 0 aliphatic carbocycles. The monoisotopic (exact) mass is 197 g/mol. The Morgan fingerprint density at radius 1 is 1.42 bits per heavy atom. The van der Waals surface area contributed by atoms with E-state index in [-0.39, 0.29) is 5.75 Å². The molecule has 0 N–H and O–H groups in total. The maximum atomic E-state index is 11.9. The number of rotatable bonds is 6. The standard InChI is InChI=1S/C7H13BF3S/c1-3-4-5-12-6-7(2)8(9,10)11/h2-6H2,1H3/q-1. The predicted molar refractivity (Wildman–Crippen MR) is 50.5 cm³/mol. The molecular weight excluding hydrogens is 184 g/mol. The Balaban J connectivity index is 3.45. The summed E-state index contributed by atoms with van der Waals surface area (Å²) in [5, 5.41) is 0. The van der Waals surface area contributed by atoms with Crippen molar-refractivity contribution in [3.63, 3.8) is 0 Å². The SMILES string of the molecule is C=C(CSCCCC)[B-](F)(F)F. The lowest BCUT2D eigenvalue weighted by Gasteiger charge is -2.16. The third kappa shape index (κ3) is 5.58. The minimum atomic E-state index is -4.81. The second-order valence-corrected chi connectivity index (χ2v) is 3.74. The summed E-state index contributed by atoms with van der Waals surface area (Å²) < 4.78 is 35.7. The fraction of sp³-hybridized carbons (Fsp3) is 0.714. The Labute approximate surface area is 75.7 Å². The van der Waals surface area contributed by atoms with E-state index in [0.29, 0.717) is 0 Å². The molecule has 0 saturated carbocycles. The van der Waals surface area contributed by atoms with Crippen LogP contribution < -0.4 is 0 Å². The van der Waals surface area contributed by atoms with Crippen molar-refractivity contribution in [1.29, 1.82) is 0 Å². The zero-order valence-corrected chi connectivity index (χ0v) is 7.97. The molecule has 0 rings (SSSR count). The Bertz CT molecular complexity index is 144. The maximum absolute atomic E-state index is 11.9. The Kier molecular flexibility index (Phi) is 5.54. The van der Waals surface area contributed by atoms with Gasteiger partial charge in [-0.2, -0.15) is 11.8 Å². The lowest BCUT2D eigenvalue weighted by molar-refractivity contribution is 0.491. The molecule has 0 fully saturated rings. The molecule has 0 atom stereocenters. The average molecular weight is 197 g/mol. The summed E-state index contributed by atoms with van der Waals surface area (Å²) in [5.41, 5.74) is -0.573. The Morgan fingerprint density at radius 3 is 2.42 bits per heavy atom. The molecule has 0 aromatic heterocycles. The van der Waals surface area contributed by atoms with Gasteiger partial charge >= 0.3 is 6.98 Å². The molecule has 0 unspecified atom stereocenters. The van der Waals surface area contributed by atoms with E-state index in [9.17, 15) is 12.9 Å². The van der Waals surface area contributed by atoms with Gasteiger partial charge < -0.3 is 12.9 Å². The Hall–Kier alpha value is -0.0551. The van der Waals surface area contributed by atoms with E-state index in [1.54, 1.807) is 0 Å². The van der Waals surface area contributed by atoms with Crippen LogP contribution in [0, 0.1) is 0 Å². The highest BCUT2D eigenvalue weighted by atomic mass is 32.2. The number of thioether (sulfide) groups is 1. The van der Waals surface area contributed by atoms with Crippen LogP contribution in [-0.4, -0.2) is 18.5 Å². The van der Waals surface area contributed by atoms with Gasteiger partial charge in [0.05, 0.1) is 0 Å². The van der Waals surface area contributed by atoms with Crippen LogP contribution in [-0.2, 0) is 0 Å². The lowest BCUT2D eigenvalue weighted by Crippen LogP contribution is -2.20. The van der Waals surface area contributed by atoms with Gasteiger partial charge in [0, 0.05) is 0 Å². The number of hydrogen-bond donors (Lipinski definition) is 0. The Morgan fingerprint density at radius 2 is 2.00 bits per heavy atom. The van der Waals surface area contributed by atoms with Crippen molar-refractivity contribution >= 4 is 18.7 Å². The van der Waals surface area contributed by atoms with E-state index in [4.69, 9.17) is 0 Å². The lowest BCUT2D eigenvalue weighted by atomic mass is 9.82. The smallest absolute Gasteiger partial charge is 0.445 e. The molecule has 0 aliphatic rings. The molecule has 0 aromatic rings. The zero-order valence-electron chi connectivity index (χ0n) is 7.16. The van der Waals surface area contributed by atoms with Crippen LogP contribution in [0.25, 0.3) is 0 Å². The van der Waals surface area contributed by atoms with Crippen LogP contribution in [0.1, 0.15) is 19.8 Å². The van der Waals surface area contributed by atoms with Crippen molar-refractivity contribution in [3.8, 4) is 0 Å². The van der Waals surface area contributed by atoms with Crippen LogP contribution in [0.4, 0.5) is 12.9 Å². The fourth-order valence-electron chi connectivity index (χ4n) is 0.544. The highest BCUT2D eigenvalue weighted by Gasteiger charge is 2.25. The molecule has 0 bridgehead atoms. The molecule has 72 valence electrons. The number of unbranched alkanes of at least 4 members (excludes halogenated alkanes) is 1. The van der Waals surface area contributed by atoms with Gasteiger partial charge in [-0.15, -0.1) is 12.1 Å². The molecule has 0 heterocycles.